The monoisotopic (exact) mass is 302 g/mol. The topological polar surface area (TPSA) is 66.5 Å². The third-order valence-corrected chi connectivity index (χ3v) is 3.82. The third kappa shape index (κ3) is 5.16. The molecule has 0 aromatic heterocycles. The average Bonchev–Trinajstić information content (AvgIpc) is 2.37. The Balaban J connectivity index is 2.77. The SMILES string of the molecule is CCCNC(=O)CCN(c1ccc(F)cc1)S(C)(=O)=O. The molecule has 0 aliphatic carbocycles. The number of amides is 1. The number of sulfonamides is 1. The fourth-order valence-corrected chi connectivity index (χ4v) is 2.58. The van der Waals surface area contributed by atoms with Crippen molar-refractivity contribution in [3.8, 4) is 0 Å². The number of benzene rings is 1. The molecule has 20 heavy (non-hydrogen) atoms. The van der Waals surface area contributed by atoms with Gasteiger partial charge in [0.15, 0.2) is 0 Å². The fourth-order valence-electron chi connectivity index (χ4n) is 1.65. The summed E-state index contributed by atoms with van der Waals surface area (Å²) in [6, 6.07) is 5.12. The second-order valence-electron chi connectivity index (χ2n) is 4.41. The minimum absolute atomic E-state index is 0.0278. The molecular formula is C13H19FN2O3S. The van der Waals surface area contributed by atoms with Gasteiger partial charge in [-0.05, 0) is 30.7 Å². The number of carbonyl (C=O) groups excluding carboxylic acids is 1. The van der Waals surface area contributed by atoms with Gasteiger partial charge in [-0.3, -0.25) is 9.10 Å². The summed E-state index contributed by atoms with van der Waals surface area (Å²) in [5.74, 6) is -0.648. The lowest BCUT2D eigenvalue weighted by Crippen LogP contribution is -2.34. The van der Waals surface area contributed by atoms with E-state index in [2.05, 4.69) is 5.32 Å². The second kappa shape index (κ2) is 7.23. The maximum Gasteiger partial charge on any atom is 0.232 e. The maximum atomic E-state index is 12.9. The van der Waals surface area contributed by atoms with Gasteiger partial charge in [0.1, 0.15) is 5.82 Å². The number of nitrogens with one attached hydrogen (secondary N) is 1. The van der Waals surface area contributed by atoms with E-state index in [9.17, 15) is 17.6 Å². The zero-order valence-electron chi connectivity index (χ0n) is 11.6. The fraction of sp³-hybridized carbons (Fsp3) is 0.462. The van der Waals surface area contributed by atoms with Crippen LogP contribution in [0.15, 0.2) is 24.3 Å². The summed E-state index contributed by atoms with van der Waals surface area (Å²) in [4.78, 5) is 11.5. The molecule has 0 unspecified atom stereocenters. The lowest BCUT2D eigenvalue weighted by atomic mass is 10.3. The van der Waals surface area contributed by atoms with Crippen molar-refractivity contribution in [1.29, 1.82) is 0 Å². The van der Waals surface area contributed by atoms with E-state index in [0.717, 1.165) is 17.0 Å². The van der Waals surface area contributed by atoms with Crippen LogP contribution in [0.25, 0.3) is 0 Å². The van der Waals surface area contributed by atoms with E-state index >= 15 is 0 Å². The van der Waals surface area contributed by atoms with Crippen LogP contribution in [0.2, 0.25) is 0 Å². The van der Waals surface area contributed by atoms with E-state index in [1.807, 2.05) is 6.92 Å². The molecule has 0 fully saturated rings. The number of nitrogens with zero attached hydrogens (tertiary/aromatic N) is 1. The van der Waals surface area contributed by atoms with Gasteiger partial charge >= 0.3 is 0 Å². The zero-order chi connectivity index (χ0) is 15.2. The minimum Gasteiger partial charge on any atom is -0.356 e. The molecule has 1 aromatic rings. The van der Waals surface area contributed by atoms with Gasteiger partial charge < -0.3 is 5.32 Å². The largest absolute Gasteiger partial charge is 0.356 e. The Morgan fingerprint density at radius 1 is 1.30 bits per heavy atom. The molecular weight excluding hydrogens is 283 g/mol. The number of rotatable bonds is 7. The van der Waals surface area contributed by atoms with E-state index in [4.69, 9.17) is 0 Å². The first-order valence-electron chi connectivity index (χ1n) is 6.34. The first kappa shape index (κ1) is 16.4. The summed E-state index contributed by atoms with van der Waals surface area (Å²) in [6.07, 6.45) is 1.93. The second-order valence-corrected chi connectivity index (χ2v) is 6.32. The lowest BCUT2D eigenvalue weighted by molar-refractivity contribution is -0.120. The van der Waals surface area contributed by atoms with Crippen LogP contribution in [0.5, 0.6) is 0 Å². The van der Waals surface area contributed by atoms with Crippen LogP contribution in [-0.2, 0) is 14.8 Å². The molecule has 1 N–H and O–H groups in total. The van der Waals surface area contributed by atoms with Gasteiger partial charge in [0.2, 0.25) is 15.9 Å². The van der Waals surface area contributed by atoms with Crippen LogP contribution in [0.3, 0.4) is 0 Å². The smallest absolute Gasteiger partial charge is 0.232 e. The van der Waals surface area contributed by atoms with Crippen molar-refractivity contribution < 1.29 is 17.6 Å². The predicted molar refractivity (Wildman–Crippen MR) is 76.5 cm³/mol. The maximum absolute atomic E-state index is 12.9. The summed E-state index contributed by atoms with van der Waals surface area (Å²) in [7, 11) is -3.52. The minimum atomic E-state index is -3.52. The number of anilines is 1. The molecule has 112 valence electrons. The Morgan fingerprint density at radius 3 is 2.40 bits per heavy atom. The van der Waals surface area contributed by atoms with Crippen molar-refractivity contribution in [3.05, 3.63) is 30.1 Å². The third-order valence-electron chi connectivity index (χ3n) is 2.63. The summed E-state index contributed by atoms with van der Waals surface area (Å²) in [5, 5.41) is 2.68. The normalized spacial score (nSPS) is 11.2. The van der Waals surface area contributed by atoms with E-state index in [1.54, 1.807) is 0 Å². The zero-order valence-corrected chi connectivity index (χ0v) is 12.4. The quantitative estimate of drug-likeness (QED) is 0.830. The Hall–Kier alpha value is -1.63. The van der Waals surface area contributed by atoms with Crippen molar-refractivity contribution in [1.82, 2.24) is 5.32 Å². The van der Waals surface area contributed by atoms with Crippen molar-refractivity contribution in [2.24, 2.45) is 0 Å². The summed E-state index contributed by atoms with van der Waals surface area (Å²) in [6.45, 7) is 2.52. The molecule has 5 nitrogen and oxygen atoms in total. The van der Waals surface area contributed by atoms with Gasteiger partial charge in [0.25, 0.3) is 0 Å². The van der Waals surface area contributed by atoms with Gasteiger partial charge in [-0.1, -0.05) is 6.92 Å². The highest BCUT2D eigenvalue weighted by atomic mass is 32.2. The van der Waals surface area contributed by atoms with Crippen molar-refractivity contribution >= 4 is 21.6 Å². The molecule has 0 radical (unpaired) electrons. The molecule has 0 aliphatic rings. The molecule has 0 aliphatic heterocycles. The van der Waals surface area contributed by atoms with E-state index in [0.29, 0.717) is 12.2 Å². The van der Waals surface area contributed by atoms with Crippen LogP contribution < -0.4 is 9.62 Å². The molecule has 0 heterocycles. The highest BCUT2D eigenvalue weighted by Crippen LogP contribution is 2.18. The Kier molecular flexibility index (Phi) is 5.94. The number of carbonyl (C=O) groups is 1. The van der Waals surface area contributed by atoms with E-state index < -0.39 is 15.8 Å². The first-order valence-corrected chi connectivity index (χ1v) is 8.19. The molecule has 0 saturated heterocycles. The van der Waals surface area contributed by atoms with Crippen LogP contribution in [0.4, 0.5) is 10.1 Å². The van der Waals surface area contributed by atoms with Crippen LogP contribution >= 0.6 is 0 Å². The predicted octanol–water partition coefficient (Wildman–Crippen LogP) is 1.51. The Labute approximate surface area is 118 Å². The number of halogens is 1. The molecule has 1 aromatic carbocycles. The van der Waals surface area contributed by atoms with Gasteiger partial charge in [-0.15, -0.1) is 0 Å². The Bertz CT molecular complexity index is 543. The molecule has 0 spiro atoms. The van der Waals surface area contributed by atoms with Gasteiger partial charge in [0.05, 0.1) is 11.9 Å². The summed E-state index contributed by atoms with van der Waals surface area (Å²) in [5.41, 5.74) is 0.345. The highest BCUT2D eigenvalue weighted by Gasteiger charge is 2.18. The summed E-state index contributed by atoms with van der Waals surface area (Å²) >= 11 is 0. The Morgan fingerprint density at radius 2 is 1.90 bits per heavy atom. The molecule has 1 rings (SSSR count). The highest BCUT2D eigenvalue weighted by molar-refractivity contribution is 7.92. The van der Waals surface area contributed by atoms with Crippen LogP contribution in [0, 0.1) is 5.82 Å². The van der Waals surface area contributed by atoms with Crippen molar-refractivity contribution in [2.75, 3.05) is 23.7 Å². The van der Waals surface area contributed by atoms with Crippen molar-refractivity contribution in [2.45, 2.75) is 19.8 Å². The molecule has 1 amide bonds. The molecule has 0 bridgehead atoms. The van der Waals surface area contributed by atoms with Crippen LogP contribution in [-0.4, -0.2) is 33.7 Å². The lowest BCUT2D eigenvalue weighted by Gasteiger charge is -2.22. The van der Waals surface area contributed by atoms with Crippen molar-refractivity contribution in [3.63, 3.8) is 0 Å². The first-order chi connectivity index (χ1) is 9.34. The van der Waals surface area contributed by atoms with E-state index in [-0.39, 0.29) is 18.9 Å². The molecule has 0 saturated carbocycles. The number of hydrogen-bond donors (Lipinski definition) is 1. The van der Waals surface area contributed by atoms with Crippen LogP contribution in [0.1, 0.15) is 19.8 Å². The average molecular weight is 302 g/mol. The number of hydrogen-bond acceptors (Lipinski definition) is 3. The molecule has 7 heteroatoms. The van der Waals surface area contributed by atoms with Gasteiger partial charge in [-0.2, -0.15) is 0 Å². The van der Waals surface area contributed by atoms with E-state index in [1.165, 1.54) is 24.3 Å². The van der Waals surface area contributed by atoms with Gasteiger partial charge in [-0.25, -0.2) is 12.8 Å². The summed E-state index contributed by atoms with van der Waals surface area (Å²) < 4.78 is 37.5. The van der Waals surface area contributed by atoms with Gasteiger partial charge in [0, 0.05) is 19.5 Å². The molecule has 0 atom stereocenters. The standard InChI is InChI=1S/C13H19FN2O3S/c1-3-9-15-13(17)8-10-16(20(2,18)19)12-6-4-11(14)5-7-12/h4-7H,3,8-10H2,1-2H3,(H,15,17).